The van der Waals surface area contributed by atoms with E-state index in [1.807, 2.05) is 80.6 Å². The standard InChI is InChI=1S/C24H22N2O2/c1-14-11-15(2)13-16(12-14)24(28)26-22(23(25)27)21-19-9-5-3-7-17(19)18-8-4-6-10-20(18)21/h3-13,21-22H,1-2H3,(H2,25,27)(H,26,28)/t22-/m1/s1. The number of nitrogens with one attached hydrogen (secondary N) is 1. The van der Waals surface area contributed by atoms with Crippen LogP contribution in [0.5, 0.6) is 0 Å². The van der Waals surface area contributed by atoms with E-state index in [4.69, 9.17) is 5.73 Å². The number of amides is 2. The van der Waals surface area contributed by atoms with Gasteiger partial charge in [-0.05, 0) is 48.2 Å². The molecule has 1 aliphatic carbocycles. The molecule has 1 aliphatic rings. The van der Waals surface area contributed by atoms with Crippen LogP contribution in [0.2, 0.25) is 0 Å². The fourth-order valence-corrected chi connectivity index (χ4v) is 4.20. The van der Waals surface area contributed by atoms with Gasteiger partial charge in [0.1, 0.15) is 6.04 Å². The lowest BCUT2D eigenvalue weighted by atomic mass is 9.88. The van der Waals surface area contributed by atoms with Gasteiger partial charge in [-0.25, -0.2) is 0 Å². The Kier molecular flexibility index (Phi) is 4.47. The van der Waals surface area contributed by atoms with E-state index in [-0.39, 0.29) is 11.8 Å². The third kappa shape index (κ3) is 3.07. The summed E-state index contributed by atoms with van der Waals surface area (Å²) >= 11 is 0. The van der Waals surface area contributed by atoms with Crippen molar-refractivity contribution in [3.05, 3.63) is 94.5 Å². The highest BCUT2D eigenvalue weighted by Gasteiger charge is 2.38. The highest BCUT2D eigenvalue weighted by atomic mass is 16.2. The Hall–Kier alpha value is -3.40. The van der Waals surface area contributed by atoms with E-state index >= 15 is 0 Å². The molecule has 0 aromatic heterocycles. The van der Waals surface area contributed by atoms with Crippen molar-refractivity contribution in [2.24, 2.45) is 5.73 Å². The molecule has 0 radical (unpaired) electrons. The molecule has 0 unspecified atom stereocenters. The van der Waals surface area contributed by atoms with E-state index in [9.17, 15) is 9.59 Å². The number of carbonyl (C=O) groups excluding carboxylic acids is 2. The highest BCUT2D eigenvalue weighted by molar-refractivity contribution is 5.98. The van der Waals surface area contributed by atoms with Gasteiger partial charge in [0.25, 0.3) is 5.91 Å². The van der Waals surface area contributed by atoms with Crippen LogP contribution in [-0.4, -0.2) is 17.9 Å². The molecule has 0 spiro atoms. The first-order valence-corrected chi connectivity index (χ1v) is 9.32. The Morgan fingerprint density at radius 2 is 1.36 bits per heavy atom. The second-order valence-electron chi connectivity index (χ2n) is 7.38. The fraction of sp³-hybridized carbons (Fsp3) is 0.167. The van der Waals surface area contributed by atoms with Gasteiger partial charge in [-0.15, -0.1) is 0 Å². The molecule has 0 bridgehead atoms. The summed E-state index contributed by atoms with van der Waals surface area (Å²) in [5.41, 5.74) is 12.5. The largest absolute Gasteiger partial charge is 0.368 e. The zero-order chi connectivity index (χ0) is 19.8. The Morgan fingerprint density at radius 1 is 0.857 bits per heavy atom. The molecule has 0 fully saturated rings. The number of rotatable bonds is 4. The van der Waals surface area contributed by atoms with Crippen molar-refractivity contribution in [1.29, 1.82) is 0 Å². The summed E-state index contributed by atoms with van der Waals surface area (Å²) in [6, 6.07) is 20.7. The van der Waals surface area contributed by atoms with Crippen LogP contribution in [-0.2, 0) is 4.79 Å². The number of primary amides is 1. The number of carbonyl (C=O) groups is 2. The predicted octanol–water partition coefficient (Wildman–Crippen LogP) is 3.70. The molecule has 0 heterocycles. The lowest BCUT2D eigenvalue weighted by Crippen LogP contribution is -2.48. The third-order valence-electron chi connectivity index (χ3n) is 5.29. The number of nitrogens with two attached hydrogens (primary N) is 1. The van der Waals surface area contributed by atoms with Gasteiger partial charge >= 0.3 is 0 Å². The van der Waals surface area contributed by atoms with Gasteiger partial charge < -0.3 is 11.1 Å². The number of aryl methyl sites for hydroxylation is 2. The van der Waals surface area contributed by atoms with Crippen molar-refractivity contribution in [2.75, 3.05) is 0 Å². The van der Waals surface area contributed by atoms with Gasteiger partial charge in [0.2, 0.25) is 5.91 Å². The van der Waals surface area contributed by atoms with Gasteiger partial charge in [-0.3, -0.25) is 9.59 Å². The zero-order valence-corrected chi connectivity index (χ0v) is 15.9. The first kappa shape index (κ1) is 18.0. The lowest BCUT2D eigenvalue weighted by Gasteiger charge is -2.24. The second kappa shape index (κ2) is 6.97. The monoisotopic (exact) mass is 370 g/mol. The minimum atomic E-state index is -0.835. The van der Waals surface area contributed by atoms with Crippen molar-refractivity contribution in [3.63, 3.8) is 0 Å². The summed E-state index contributed by atoms with van der Waals surface area (Å²) in [4.78, 5) is 25.3. The van der Waals surface area contributed by atoms with Gasteiger partial charge in [-0.2, -0.15) is 0 Å². The van der Waals surface area contributed by atoms with Crippen molar-refractivity contribution >= 4 is 11.8 Å². The van der Waals surface area contributed by atoms with Gasteiger partial charge in [-0.1, -0.05) is 65.7 Å². The average Bonchev–Trinajstić information content (AvgIpc) is 2.99. The van der Waals surface area contributed by atoms with Crippen molar-refractivity contribution in [2.45, 2.75) is 25.8 Å². The summed E-state index contributed by atoms with van der Waals surface area (Å²) in [6.45, 7) is 3.89. The zero-order valence-electron chi connectivity index (χ0n) is 15.9. The predicted molar refractivity (Wildman–Crippen MR) is 110 cm³/mol. The Balaban J connectivity index is 1.75. The maximum Gasteiger partial charge on any atom is 0.251 e. The molecule has 0 saturated carbocycles. The molecule has 3 N–H and O–H groups in total. The van der Waals surface area contributed by atoms with Gasteiger partial charge in [0.05, 0.1) is 0 Å². The smallest absolute Gasteiger partial charge is 0.251 e. The van der Waals surface area contributed by atoms with Gasteiger partial charge in [0.15, 0.2) is 0 Å². The van der Waals surface area contributed by atoms with Crippen LogP contribution >= 0.6 is 0 Å². The van der Waals surface area contributed by atoms with Crippen LogP contribution in [0, 0.1) is 13.8 Å². The van der Waals surface area contributed by atoms with Crippen LogP contribution in [0.4, 0.5) is 0 Å². The number of hydrogen-bond acceptors (Lipinski definition) is 2. The normalized spacial score (nSPS) is 13.5. The van der Waals surface area contributed by atoms with Crippen LogP contribution in [0.15, 0.2) is 66.7 Å². The molecule has 140 valence electrons. The van der Waals surface area contributed by atoms with E-state index in [2.05, 4.69) is 5.32 Å². The van der Waals surface area contributed by atoms with E-state index < -0.39 is 11.9 Å². The van der Waals surface area contributed by atoms with Crippen LogP contribution in [0.3, 0.4) is 0 Å². The molecule has 1 atom stereocenters. The average molecular weight is 370 g/mol. The topological polar surface area (TPSA) is 72.2 Å². The van der Waals surface area contributed by atoms with Crippen molar-refractivity contribution in [1.82, 2.24) is 5.32 Å². The Bertz CT molecular complexity index is 1020. The summed E-state index contributed by atoms with van der Waals surface area (Å²) < 4.78 is 0. The Labute approximate surface area is 164 Å². The minimum absolute atomic E-state index is 0.294. The van der Waals surface area contributed by atoms with Gasteiger partial charge in [0, 0.05) is 11.5 Å². The molecule has 3 aromatic rings. The van der Waals surface area contributed by atoms with E-state index in [0.717, 1.165) is 33.4 Å². The quantitative estimate of drug-likeness (QED) is 0.735. The van der Waals surface area contributed by atoms with E-state index in [1.54, 1.807) is 0 Å². The molecular weight excluding hydrogens is 348 g/mol. The molecular formula is C24H22N2O2. The summed E-state index contributed by atoms with van der Waals surface area (Å²) in [6.07, 6.45) is 0. The first-order valence-electron chi connectivity index (χ1n) is 9.32. The molecule has 0 aliphatic heterocycles. The molecule has 28 heavy (non-hydrogen) atoms. The first-order chi connectivity index (χ1) is 13.5. The van der Waals surface area contributed by atoms with Crippen LogP contribution < -0.4 is 11.1 Å². The molecule has 3 aromatic carbocycles. The second-order valence-corrected chi connectivity index (χ2v) is 7.38. The van der Waals surface area contributed by atoms with Crippen molar-refractivity contribution in [3.8, 4) is 11.1 Å². The molecule has 2 amide bonds. The summed E-state index contributed by atoms with van der Waals surface area (Å²) in [5.74, 6) is -1.15. The van der Waals surface area contributed by atoms with Crippen LogP contribution in [0.1, 0.15) is 38.5 Å². The fourth-order valence-electron chi connectivity index (χ4n) is 4.20. The maximum absolute atomic E-state index is 12.9. The number of benzene rings is 3. The van der Waals surface area contributed by atoms with Crippen molar-refractivity contribution < 1.29 is 9.59 Å². The number of fused-ring (bicyclic) bond motifs is 3. The maximum atomic E-state index is 12.9. The molecule has 4 heteroatoms. The third-order valence-corrected chi connectivity index (χ3v) is 5.29. The number of hydrogen-bond donors (Lipinski definition) is 2. The lowest BCUT2D eigenvalue weighted by molar-refractivity contribution is -0.120. The summed E-state index contributed by atoms with van der Waals surface area (Å²) in [7, 11) is 0. The summed E-state index contributed by atoms with van der Waals surface area (Å²) in [5, 5.41) is 2.90. The van der Waals surface area contributed by atoms with E-state index in [1.165, 1.54) is 0 Å². The SMILES string of the molecule is Cc1cc(C)cc(C(=O)N[C@@H](C(N)=O)C2c3ccccc3-c3ccccc32)c1. The molecule has 4 nitrogen and oxygen atoms in total. The Morgan fingerprint density at radius 3 is 1.86 bits per heavy atom. The van der Waals surface area contributed by atoms with Crippen LogP contribution in [0.25, 0.3) is 11.1 Å². The minimum Gasteiger partial charge on any atom is -0.368 e. The van der Waals surface area contributed by atoms with E-state index in [0.29, 0.717) is 5.56 Å². The molecule has 0 saturated heterocycles. The molecule has 4 rings (SSSR count). The highest BCUT2D eigenvalue weighted by Crippen LogP contribution is 2.46.